The first kappa shape index (κ1) is 12.9. The third-order valence-electron chi connectivity index (χ3n) is 3.48. The van der Waals surface area contributed by atoms with Crippen LogP contribution in [0.4, 0.5) is 4.79 Å². The van der Waals surface area contributed by atoms with Gasteiger partial charge in [0.25, 0.3) is 0 Å². The van der Waals surface area contributed by atoms with E-state index < -0.39 is 0 Å². The van der Waals surface area contributed by atoms with Gasteiger partial charge in [-0.1, -0.05) is 38.5 Å². The molecule has 0 aromatic heterocycles. The topological polar surface area (TPSA) is 38.3 Å². The molecule has 1 aliphatic rings. The number of carbonyl (C=O) groups excluding carboxylic acids is 1. The first-order chi connectivity index (χ1) is 8.55. The Morgan fingerprint density at radius 2 is 2.06 bits per heavy atom. The maximum Gasteiger partial charge on any atom is 0.412 e. The van der Waals surface area contributed by atoms with Gasteiger partial charge in [0.05, 0.1) is 0 Å². The van der Waals surface area contributed by atoms with Gasteiger partial charge in [0, 0.05) is 6.04 Å². The summed E-state index contributed by atoms with van der Waals surface area (Å²) in [6.45, 7) is 4.51. The van der Waals surface area contributed by atoms with Crippen LogP contribution < -0.4 is 10.1 Å². The number of benzene rings is 1. The van der Waals surface area contributed by atoms with Gasteiger partial charge in [0.1, 0.15) is 5.75 Å². The Kier molecular flexibility index (Phi) is 3.90. The molecule has 18 heavy (non-hydrogen) atoms. The van der Waals surface area contributed by atoms with E-state index in [0.717, 1.165) is 12.8 Å². The van der Waals surface area contributed by atoms with Gasteiger partial charge in [-0.3, -0.25) is 0 Å². The largest absolute Gasteiger partial charge is 0.412 e. The number of carbonyl (C=O) groups is 1. The highest BCUT2D eigenvalue weighted by Crippen LogP contribution is 2.35. The van der Waals surface area contributed by atoms with Crippen LogP contribution in [0.15, 0.2) is 30.3 Å². The first-order valence-corrected chi connectivity index (χ1v) is 6.59. The molecule has 3 nitrogen and oxygen atoms in total. The van der Waals surface area contributed by atoms with Crippen LogP contribution in [0.1, 0.15) is 39.5 Å². The lowest BCUT2D eigenvalue weighted by Gasteiger charge is -2.35. The lowest BCUT2D eigenvalue weighted by atomic mass is 9.75. The SMILES string of the molecule is CC1(C)CCCC(NC(=O)Oc2ccccc2)C1. The lowest BCUT2D eigenvalue weighted by Crippen LogP contribution is -2.41. The fraction of sp³-hybridized carbons (Fsp3) is 0.533. The summed E-state index contributed by atoms with van der Waals surface area (Å²) in [6, 6.07) is 9.41. The number of hydrogen-bond donors (Lipinski definition) is 1. The Morgan fingerprint density at radius 3 is 2.72 bits per heavy atom. The normalized spacial score (nSPS) is 22.2. The van der Waals surface area contributed by atoms with Crippen LogP contribution in [0.2, 0.25) is 0 Å². The van der Waals surface area contributed by atoms with Crippen LogP contribution in [0.5, 0.6) is 5.75 Å². The molecule has 0 heterocycles. The molecule has 2 rings (SSSR count). The molecule has 1 aromatic carbocycles. The predicted molar refractivity (Wildman–Crippen MR) is 71.6 cm³/mol. The van der Waals surface area contributed by atoms with Gasteiger partial charge in [0.2, 0.25) is 0 Å². The van der Waals surface area contributed by atoms with Crippen LogP contribution in [0, 0.1) is 5.41 Å². The van der Waals surface area contributed by atoms with Crippen molar-refractivity contribution in [1.82, 2.24) is 5.32 Å². The maximum absolute atomic E-state index is 11.8. The third-order valence-corrected chi connectivity index (χ3v) is 3.48. The summed E-state index contributed by atoms with van der Waals surface area (Å²) in [6.07, 6.45) is 4.13. The van der Waals surface area contributed by atoms with Crippen molar-refractivity contribution in [3.8, 4) is 5.75 Å². The smallest absolute Gasteiger partial charge is 0.410 e. The van der Waals surface area contributed by atoms with E-state index in [4.69, 9.17) is 4.74 Å². The summed E-state index contributed by atoms with van der Waals surface area (Å²) in [7, 11) is 0. The average Bonchev–Trinajstić information content (AvgIpc) is 2.28. The van der Waals surface area contributed by atoms with Crippen molar-refractivity contribution in [3.05, 3.63) is 30.3 Å². The Bertz CT molecular complexity index is 400. The predicted octanol–water partition coefficient (Wildman–Crippen LogP) is 3.74. The zero-order valence-corrected chi connectivity index (χ0v) is 11.1. The standard InChI is InChI=1S/C15H21NO2/c1-15(2)10-6-7-12(11-15)16-14(17)18-13-8-4-3-5-9-13/h3-5,8-9,12H,6-7,10-11H2,1-2H3,(H,16,17). The van der Waals surface area contributed by atoms with Crippen LogP contribution in [-0.4, -0.2) is 12.1 Å². The molecule has 1 aliphatic carbocycles. The highest BCUT2D eigenvalue weighted by molar-refractivity contribution is 5.70. The Hall–Kier alpha value is -1.51. The highest BCUT2D eigenvalue weighted by Gasteiger charge is 2.29. The minimum absolute atomic E-state index is 0.241. The van der Waals surface area contributed by atoms with Crippen LogP contribution in [0.25, 0.3) is 0 Å². The molecule has 0 radical (unpaired) electrons. The maximum atomic E-state index is 11.8. The summed E-state index contributed by atoms with van der Waals surface area (Å²) in [4.78, 5) is 11.8. The minimum atomic E-state index is -0.344. The molecule has 1 N–H and O–H groups in total. The van der Waals surface area contributed by atoms with Crippen LogP contribution >= 0.6 is 0 Å². The van der Waals surface area contributed by atoms with Crippen LogP contribution in [0.3, 0.4) is 0 Å². The molecule has 1 atom stereocenters. The summed E-state index contributed by atoms with van der Waals surface area (Å²) in [5.41, 5.74) is 0.322. The second-order valence-corrected chi connectivity index (χ2v) is 5.80. The van der Waals surface area contributed by atoms with E-state index in [1.165, 1.54) is 12.8 Å². The van der Waals surface area contributed by atoms with Crippen molar-refractivity contribution >= 4 is 6.09 Å². The van der Waals surface area contributed by atoms with E-state index >= 15 is 0 Å². The van der Waals surface area contributed by atoms with Gasteiger partial charge in [-0.15, -0.1) is 0 Å². The fourth-order valence-electron chi connectivity index (χ4n) is 2.61. The number of hydrogen-bond acceptors (Lipinski definition) is 2. The van der Waals surface area contributed by atoms with Crippen molar-refractivity contribution in [2.24, 2.45) is 5.41 Å². The van der Waals surface area contributed by atoms with Gasteiger partial charge >= 0.3 is 6.09 Å². The minimum Gasteiger partial charge on any atom is -0.410 e. The quantitative estimate of drug-likeness (QED) is 0.864. The molecule has 1 saturated carbocycles. The van der Waals surface area contributed by atoms with E-state index in [0.29, 0.717) is 11.2 Å². The number of para-hydroxylation sites is 1. The van der Waals surface area contributed by atoms with E-state index in [9.17, 15) is 4.79 Å². The molecular weight excluding hydrogens is 226 g/mol. The fourth-order valence-corrected chi connectivity index (χ4v) is 2.61. The van der Waals surface area contributed by atoms with Gasteiger partial charge < -0.3 is 10.1 Å². The van der Waals surface area contributed by atoms with Gasteiger partial charge in [-0.25, -0.2) is 4.79 Å². The Labute approximate surface area is 109 Å². The van der Waals surface area contributed by atoms with Gasteiger partial charge in [0.15, 0.2) is 0 Å². The summed E-state index contributed by atoms with van der Waals surface area (Å²) < 4.78 is 5.24. The number of amides is 1. The lowest BCUT2D eigenvalue weighted by molar-refractivity contribution is 0.169. The zero-order chi connectivity index (χ0) is 13.0. The number of ether oxygens (including phenoxy) is 1. The van der Waals surface area contributed by atoms with E-state index in [-0.39, 0.29) is 12.1 Å². The number of nitrogens with one attached hydrogen (secondary N) is 1. The first-order valence-electron chi connectivity index (χ1n) is 6.59. The van der Waals surface area contributed by atoms with Crippen molar-refractivity contribution in [2.45, 2.75) is 45.6 Å². The molecule has 0 aliphatic heterocycles. The molecule has 0 spiro atoms. The molecular formula is C15H21NO2. The van der Waals surface area contributed by atoms with Gasteiger partial charge in [-0.2, -0.15) is 0 Å². The number of rotatable bonds is 2. The molecule has 1 fully saturated rings. The van der Waals surface area contributed by atoms with Gasteiger partial charge in [-0.05, 0) is 36.8 Å². The van der Waals surface area contributed by atoms with Crippen molar-refractivity contribution in [1.29, 1.82) is 0 Å². The molecule has 1 amide bonds. The van der Waals surface area contributed by atoms with E-state index in [2.05, 4.69) is 19.2 Å². The zero-order valence-electron chi connectivity index (χ0n) is 11.1. The molecule has 3 heteroatoms. The molecule has 0 bridgehead atoms. The van der Waals surface area contributed by atoms with Crippen molar-refractivity contribution in [2.75, 3.05) is 0 Å². The summed E-state index contributed by atoms with van der Waals surface area (Å²) in [5.74, 6) is 0.588. The third kappa shape index (κ3) is 3.76. The second-order valence-electron chi connectivity index (χ2n) is 5.80. The molecule has 1 unspecified atom stereocenters. The molecule has 1 aromatic rings. The molecule has 0 saturated heterocycles. The highest BCUT2D eigenvalue weighted by atomic mass is 16.6. The monoisotopic (exact) mass is 247 g/mol. The van der Waals surface area contributed by atoms with E-state index in [1.54, 1.807) is 12.1 Å². The van der Waals surface area contributed by atoms with Crippen molar-refractivity contribution < 1.29 is 9.53 Å². The summed E-state index contributed by atoms with van der Waals surface area (Å²) >= 11 is 0. The second kappa shape index (κ2) is 5.42. The average molecular weight is 247 g/mol. The Balaban J connectivity index is 1.84. The molecule has 98 valence electrons. The van der Waals surface area contributed by atoms with Crippen molar-refractivity contribution in [3.63, 3.8) is 0 Å². The van der Waals surface area contributed by atoms with E-state index in [1.807, 2.05) is 18.2 Å². The Morgan fingerprint density at radius 1 is 1.33 bits per heavy atom. The van der Waals surface area contributed by atoms with Crippen LogP contribution in [-0.2, 0) is 0 Å². The summed E-state index contributed by atoms with van der Waals surface area (Å²) in [5, 5.41) is 2.96.